The van der Waals surface area contributed by atoms with E-state index in [1.807, 2.05) is 4.68 Å². The summed E-state index contributed by atoms with van der Waals surface area (Å²) in [7, 11) is 1.71. The summed E-state index contributed by atoms with van der Waals surface area (Å²) in [6.07, 6.45) is 2.54. The van der Waals surface area contributed by atoms with Gasteiger partial charge >= 0.3 is 0 Å². The first-order chi connectivity index (χ1) is 13.2. The Hall–Kier alpha value is -2.42. The molecular formula is C19H21ClN6OS. The van der Waals surface area contributed by atoms with Gasteiger partial charge in [-0.25, -0.2) is 14.6 Å². The Balaban J connectivity index is 0.00000192. The number of ether oxygens (including phenoxy) is 1. The van der Waals surface area contributed by atoms with Gasteiger partial charge in [0.15, 0.2) is 5.65 Å². The number of nitrogen functional groups attached to an aromatic ring is 1. The number of fused-ring (bicyclic) bond motifs is 2. The maximum absolute atomic E-state index is 6.24. The molecule has 0 radical (unpaired) electrons. The predicted molar refractivity (Wildman–Crippen MR) is 116 cm³/mol. The van der Waals surface area contributed by atoms with Gasteiger partial charge in [-0.05, 0) is 43.0 Å². The molecule has 0 aliphatic carbocycles. The number of hydrogen-bond acceptors (Lipinski definition) is 7. The zero-order valence-corrected chi connectivity index (χ0v) is 17.2. The van der Waals surface area contributed by atoms with Gasteiger partial charge in [0.2, 0.25) is 0 Å². The Morgan fingerprint density at radius 2 is 2.14 bits per heavy atom. The first kappa shape index (κ1) is 18.9. The summed E-state index contributed by atoms with van der Waals surface area (Å²) >= 11 is 1.66. The van der Waals surface area contributed by atoms with E-state index in [4.69, 9.17) is 15.6 Å². The largest absolute Gasteiger partial charge is 0.495 e. The van der Waals surface area contributed by atoms with Gasteiger partial charge in [-0.2, -0.15) is 5.10 Å². The summed E-state index contributed by atoms with van der Waals surface area (Å²) < 4.78 is 8.70. The van der Waals surface area contributed by atoms with E-state index in [1.165, 1.54) is 11.9 Å². The Labute approximate surface area is 172 Å². The summed E-state index contributed by atoms with van der Waals surface area (Å²) in [5, 5.41) is 10.3. The lowest BCUT2D eigenvalue weighted by molar-refractivity contribution is 0.420. The third-order valence-electron chi connectivity index (χ3n) is 5.08. The molecule has 28 heavy (non-hydrogen) atoms. The highest BCUT2D eigenvalue weighted by Gasteiger charge is 2.25. The van der Waals surface area contributed by atoms with Crippen molar-refractivity contribution >= 4 is 50.7 Å². The highest BCUT2D eigenvalue weighted by atomic mass is 35.5. The smallest absolute Gasteiger partial charge is 0.164 e. The van der Waals surface area contributed by atoms with E-state index in [0.29, 0.717) is 5.82 Å². The number of nitrogens with zero attached hydrogens (tertiary/aromatic N) is 4. The molecule has 1 aliphatic rings. The van der Waals surface area contributed by atoms with E-state index in [9.17, 15) is 0 Å². The minimum Gasteiger partial charge on any atom is -0.495 e. The molecule has 1 unspecified atom stereocenters. The normalized spacial score (nSPS) is 16.6. The number of hydrogen-bond donors (Lipinski definition) is 2. The van der Waals surface area contributed by atoms with Crippen molar-refractivity contribution in [2.45, 2.75) is 19.4 Å². The number of halogens is 1. The van der Waals surface area contributed by atoms with Crippen molar-refractivity contribution in [2.75, 3.05) is 25.9 Å². The van der Waals surface area contributed by atoms with Crippen LogP contribution in [0.1, 0.15) is 18.0 Å². The minimum absolute atomic E-state index is 0. The quantitative estimate of drug-likeness (QED) is 0.530. The number of aryl methyl sites for hydroxylation is 1. The Morgan fingerprint density at radius 1 is 1.29 bits per heavy atom. The number of rotatable bonds is 3. The minimum atomic E-state index is 0. The summed E-state index contributed by atoms with van der Waals surface area (Å²) in [6, 6.07) is 6.65. The number of thiophene rings is 1. The fourth-order valence-electron chi connectivity index (χ4n) is 3.80. The van der Waals surface area contributed by atoms with Crippen LogP contribution in [0.3, 0.4) is 0 Å². The van der Waals surface area contributed by atoms with Crippen molar-refractivity contribution in [1.29, 1.82) is 0 Å². The molecule has 0 bridgehead atoms. The first-order valence-corrected chi connectivity index (χ1v) is 9.75. The molecule has 3 aromatic heterocycles. The van der Waals surface area contributed by atoms with E-state index in [-0.39, 0.29) is 18.4 Å². The molecule has 0 spiro atoms. The fourth-order valence-corrected chi connectivity index (χ4v) is 4.93. The van der Waals surface area contributed by atoms with Crippen molar-refractivity contribution < 1.29 is 4.74 Å². The topological polar surface area (TPSA) is 90.9 Å². The standard InChI is InChI=1S/C19H20N6OS.ClH/c1-10-5-11-7-14(27-17(11)13(6-10)26-2)16-15-18(20)22-9-23-19(15)25(24-16)12-3-4-21-8-12;/h5-7,9,12,21H,3-4,8H2,1-2H3,(H2,20,22,23);1H. The van der Waals surface area contributed by atoms with Crippen LogP contribution in [0.25, 0.3) is 31.7 Å². The van der Waals surface area contributed by atoms with Crippen LogP contribution >= 0.6 is 23.7 Å². The number of nitrogens with two attached hydrogens (primary N) is 1. The number of methoxy groups -OCH3 is 1. The van der Waals surface area contributed by atoms with Gasteiger partial charge in [0.1, 0.15) is 23.6 Å². The van der Waals surface area contributed by atoms with Crippen LogP contribution in [-0.2, 0) is 0 Å². The lowest BCUT2D eigenvalue weighted by Gasteiger charge is -2.09. The molecule has 1 aliphatic heterocycles. The first-order valence-electron chi connectivity index (χ1n) is 8.93. The van der Waals surface area contributed by atoms with Crippen LogP contribution in [-0.4, -0.2) is 39.9 Å². The van der Waals surface area contributed by atoms with Crippen LogP contribution in [0.5, 0.6) is 5.75 Å². The molecule has 3 N–H and O–H groups in total. The molecule has 5 rings (SSSR count). The summed E-state index contributed by atoms with van der Waals surface area (Å²) in [5.41, 5.74) is 9.05. The molecule has 9 heteroatoms. The monoisotopic (exact) mass is 416 g/mol. The second-order valence-electron chi connectivity index (χ2n) is 6.89. The lowest BCUT2D eigenvalue weighted by Crippen LogP contribution is -2.15. The van der Waals surface area contributed by atoms with Crippen molar-refractivity contribution in [1.82, 2.24) is 25.1 Å². The molecule has 0 saturated carbocycles. The Bertz CT molecular complexity index is 1160. The molecule has 4 heterocycles. The zero-order chi connectivity index (χ0) is 18.5. The van der Waals surface area contributed by atoms with Crippen molar-refractivity contribution in [3.05, 3.63) is 30.1 Å². The van der Waals surface area contributed by atoms with Crippen LogP contribution < -0.4 is 15.8 Å². The average molecular weight is 417 g/mol. The van der Waals surface area contributed by atoms with Crippen molar-refractivity contribution in [3.63, 3.8) is 0 Å². The number of benzene rings is 1. The molecule has 4 aromatic rings. The van der Waals surface area contributed by atoms with E-state index < -0.39 is 0 Å². The molecule has 1 fully saturated rings. The number of nitrogens with one attached hydrogen (secondary N) is 1. The highest BCUT2D eigenvalue weighted by Crippen LogP contribution is 2.42. The lowest BCUT2D eigenvalue weighted by atomic mass is 10.1. The van der Waals surface area contributed by atoms with E-state index in [1.54, 1.807) is 18.4 Å². The third kappa shape index (κ3) is 2.88. The van der Waals surface area contributed by atoms with E-state index in [2.05, 4.69) is 40.4 Å². The van der Waals surface area contributed by atoms with Crippen LogP contribution in [0, 0.1) is 6.92 Å². The van der Waals surface area contributed by atoms with E-state index in [0.717, 1.165) is 57.0 Å². The van der Waals surface area contributed by atoms with Gasteiger partial charge in [0, 0.05) is 6.54 Å². The van der Waals surface area contributed by atoms with Crippen molar-refractivity contribution in [3.8, 4) is 16.3 Å². The summed E-state index contributed by atoms with van der Waals surface area (Å²) in [4.78, 5) is 9.76. The van der Waals surface area contributed by atoms with Crippen LogP contribution in [0.15, 0.2) is 24.5 Å². The fraction of sp³-hybridized carbons (Fsp3) is 0.316. The van der Waals surface area contributed by atoms with Crippen LogP contribution in [0.4, 0.5) is 5.82 Å². The molecular weight excluding hydrogens is 396 g/mol. The predicted octanol–water partition coefficient (Wildman–Crippen LogP) is 3.56. The molecule has 1 aromatic carbocycles. The third-order valence-corrected chi connectivity index (χ3v) is 6.25. The Kier molecular flexibility index (Phi) is 4.86. The summed E-state index contributed by atoms with van der Waals surface area (Å²) in [5.74, 6) is 1.35. The number of aromatic nitrogens is 4. The van der Waals surface area contributed by atoms with Crippen molar-refractivity contribution in [2.24, 2.45) is 0 Å². The van der Waals surface area contributed by atoms with Gasteiger partial charge in [-0.1, -0.05) is 6.07 Å². The highest BCUT2D eigenvalue weighted by molar-refractivity contribution is 7.22. The summed E-state index contributed by atoms with van der Waals surface area (Å²) in [6.45, 7) is 3.95. The molecule has 0 amide bonds. The Morgan fingerprint density at radius 3 is 2.89 bits per heavy atom. The average Bonchev–Trinajstić information content (AvgIpc) is 3.38. The molecule has 1 saturated heterocycles. The molecule has 1 atom stereocenters. The SMILES string of the molecule is COc1cc(C)cc2cc(-c3nn(C4CCNC4)c4ncnc(N)c34)sc12.Cl. The maximum atomic E-state index is 6.24. The van der Waals surface area contributed by atoms with Gasteiger partial charge in [0.25, 0.3) is 0 Å². The van der Waals surface area contributed by atoms with Gasteiger partial charge in [0.05, 0.1) is 28.1 Å². The van der Waals surface area contributed by atoms with Gasteiger partial charge in [-0.3, -0.25) is 0 Å². The number of anilines is 1. The van der Waals surface area contributed by atoms with Crippen LogP contribution in [0.2, 0.25) is 0 Å². The van der Waals surface area contributed by atoms with E-state index >= 15 is 0 Å². The molecule has 146 valence electrons. The van der Waals surface area contributed by atoms with Gasteiger partial charge in [-0.15, -0.1) is 23.7 Å². The second-order valence-corrected chi connectivity index (χ2v) is 7.95. The zero-order valence-electron chi connectivity index (χ0n) is 15.6. The van der Waals surface area contributed by atoms with Gasteiger partial charge < -0.3 is 15.8 Å². The maximum Gasteiger partial charge on any atom is 0.164 e. The second kappa shape index (κ2) is 7.20. The molecule has 7 nitrogen and oxygen atoms in total.